The van der Waals surface area contributed by atoms with E-state index in [-0.39, 0.29) is 0 Å². The number of aryl methyl sites for hydroxylation is 2. The van der Waals surface area contributed by atoms with E-state index in [2.05, 4.69) is 20.4 Å². The third-order valence-corrected chi connectivity index (χ3v) is 7.01. The lowest BCUT2D eigenvalue weighted by Gasteiger charge is -2.34. The van der Waals surface area contributed by atoms with E-state index in [0.717, 1.165) is 22.3 Å². The van der Waals surface area contributed by atoms with E-state index in [1.54, 1.807) is 43.5 Å². The molecule has 9 nitrogen and oxygen atoms in total. The molecule has 1 aromatic carbocycles. The number of nitrogens with zero attached hydrogens (tertiary/aromatic N) is 5. The highest BCUT2D eigenvalue weighted by molar-refractivity contribution is 7.90. The van der Waals surface area contributed by atoms with Crippen molar-refractivity contribution in [2.75, 3.05) is 17.3 Å². The molecule has 0 spiro atoms. The fourth-order valence-corrected chi connectivity index (χ4v) is 4.91. The summed E-state index contributed by atoms with van der Waals surface area (Å²) in [6.07, 6.45) is 8.37. The molecule has 0 bridgehead atoms. The third-order valence-electron chi connectivity index (χ3n) is 5.65. The molecule has 2 unspecified atom stereocenters. The van der Waals surface area contributed by atoms with Gasteiger partial charge in [-0.2, -0.15) is 10.1 Å². The first-order chi connectivity index (χ1) is 14.6. The Morgan fingerprint density at radius 3 is 2.77 bits per heavy atom. The molecular weight excluding hydrogens is 414 g/mol. The Labute approximate surface area is 181 Å². The molecule has 3 N–H and O–H groups in total. The molecule has 1 aliphatic rings. The summed E-state index contributed by atoms with van der Waals surface area (Å²) < 4.78 is 26.0. The van der Waals surface area contributed by atoms with E-state index >= 15 is 0 Å². The molecule has 4 rings (SSSR count). The second-order valence-corrected chi connectivity index (χ2v) is 9.56. The van der Waals surface area contributed by atoms with Gasteiger partial charge in [-0.25, -0.2) is 18.5 Å². The predicted molar refractivity (Wildman–Crippen MR) is 123 cm³/mol. The van der Waals surface area contributed by atoms with Crippen LogP contribution < -0.4 is 15.4 Å². The first-order valence-corrected chi connectivity index (χ1v) is 11.4. The Morgan fingerprint density at radius 2 is 2.03 bits per heavy atom. The van der Waals surface area contributed by atoms with Crippen molar-refractivity contribution in [3.05, 3.63) is 60.5 Å². The molecule has 0 aliphatic heterocycles. The Hall–Kier alpha value is -3.24. The number of fused-ring (bicyclic) bond motifs is 1. The van der Waals surface area contributed by atoms with Crippen LogP contribution >= 0.6 is 0 Å². The molecule has 10 heteroatoms. The van der Waals surface area contributed by atoms with Crippen LogP contribution in [-0.2, 0) is 17.1 Å². The van der Waals surface area contributed by atoms with Crippen LogP contribution in [0, 0.1) is 6.92 Å². The first kappa shape index (κ1) is 21.0. The maximum absolute atomic E-state index is 12.1. The average Bonchev–Trinajstić information content (AvgIpc) is 3.00. The molecular formula is C21H25N7O2S. The van der Waals surface area contributed by atoms with Crippen molar-refractivity contribution in [3.63, 3.8) is 0 Å². The summed E-state index contributed by atoms with van der Waals surface area (Å²) in [5, 5.41) is 13.3. The minimum atomic E-state index is -3.82. The van der Waals surface area contributed by atoms with Crippen molar-refractivity contribution in [1.82, 2.24) is 19.7 Å². The van der Waals surface area contributed by atoms with E-state index < -0.39 is 20.8 Å². The van der Waals surface area contributed by atoms with E-state index in [1.807, 2.05) is 48.8 Å². The van der Waals surface area contributed by atoms with Crippen LogP contribution in [0.4, 0.5) is 17.5 Å². The molecule has 1 aliphatic carbocycles. The van der Waals surface area contributed by atoms with Crippen molar-refractivity contribution in [1.29, 1.82) is 0 Å². The number of primary sulfonamides is 1. The van der Waals surface area contributed by atoms with E-state index in [1.165, 1.54) is 0 Å². The Kier molecular flexibility index (Phi) is 5.06. The summed E-state index contributed by atoms with van der Waals surface area (Å²) in [6, 6.07) is 7.85. The van der Waals surface area contributed by atoms with Crippen LogP contribution in [0.1, 0.15) is 12.6 Å². The minimum absolute atomic E-state index is 0.301. The molecule has 2 aromatic heterocycles. The van der Waals surface area contributed by atoms with Gasteiger partial charge >= 0.3 is 0 Å². The number of nitrogens with two attached hydrogens (primary N) is 1. The molecule has 0 fully saturated rings. The number of rotatable bonds is 5. The van der Waals surface area contributed by atoms with Crippen LogP contribution in [0.5, 0.6) is 0 Å². The smallest absolute Gasteiger partial charge is 0.225 e. The monoisotopic (exact) mass is 439 g/mol. The molecule has 2 atom stereocenters. The van der Waals surface area contributed by atoms with Crippen molar-refractivity contribution in [2.24, 2.45) is 12.2 Å². The molecule has 0 radical (unpaired) electrons. The summed E-state index contributed by atoms with van der Waals surface area (Å²) in [5.41, 5.74) is 1.94. The highest BCUT2D eigenvalue weighted by atomic mass is 32.2. The van der Waals surface area contributed by atoms with Crippen molar-refractivity contribution < 1.29 is 8.42 Å². The number of allylic oxidation sites excluding steroid dienone is 2. The topological polar surface area (TPSA) is 119 Å². The van der Waals surface area contributed by atoms with Gasteiger partial charge in [0.1, 0.15) is 11.1 Å². The van der Waals surface area contributed by atoms with Crippen LogP contribution in [0.3, 0.4) is 0 Å². The molecule has 162 valence electrons. The number of benzene rings is 1. The maximum atomic E-state index is 12.1. The molecule has 31 heavy (non-hydrogen) atoms. The number of hydrogen-bond donors (Lipinski definition) is 2. The second-order valence-electron chi connectivity index (χ2n) is 7.87. The van der Waals surface area contributed by atoms with Gasteiger partial charge in [0.15, 0.2) is 0 Å². The predicted octanol–water partition coefficient (Wildman–Crippen LogP) is 2.39. The van der Waals surface area contributed by atoms with Gasteiger partial charge in [-0.1, -0.05) is 24.3 Å². The second kappa shape index (κ2) is 7.47. The summed E-state index contributed by atoms with van der Waals surface area (Å²) in [5.74, 6) is 0.950. The zero-order valence-corrected chi connectivity index (χ0v) is 18.6. The minimum Gasteiger partial charge on any atom is -0.344 e. The largest absolute Gasteiger partial charge is 0.344 e. The highest BCUT2D eigenvalue weighted by Gasteiger charge is 2.39. The van der Waals surface area contributed by atoms with E-state index in [9.17, 15) is 8.42 Å². The summed E-state index contributed by atoms with van der Waals surface area (Å²) in [7, 11) is 0.00509. The number of anilines is 3. The fraction of sp³-hybridized carbons (Fsp3) is 0.286. The van der Waals surface area contributed by atoms with Gasteiger partial charge in [-0.3, -0.25) is 4.68 Å². The van der Waals surface area contributed by atoms with Crippen LogP contribution in [0.15, 0.2) is 54.8 Å². The Bertz CT molecular complexity index is 1310. The standard InChI is InChI=1S/C21H25N7O2S/c1-14-16-9-8-15(13-17(16)26-28(14)4)27(3)19-10-12-23-20(24-19)25-21(2)11-6-5-7-18(21)31(22,29)30/h5-13,18H,1-4H3,(H2,22,29,30)(H,23,24,25). The van der Waals surface area contributed by atoms with Crippen LogP contribution in [0.2, 0.25) is 0 Å². The summed E-state index contributed by atoms with van der Waals surface area (Å²) in [4.78, 5) is 10.8. The van der Waals surface area contributed by atoms with Gasteiger partial charge in [0.25, 0.3) is 0 Å². The zero-order chi connectivity index (χ0) is 22.4. The fourth-order valence-electron chi connectivity index (χ4n) is 3.78. The Morgan fingerprint density at radius 1 is 1.26 bits per heavy atom. The van der Waals surface area contributed by atoms with Gasteiger partial charge in [0, 0.05) is 37.1 Å². The van der Waals surface area contributed by atoms with Gasteiger partial charge in [0.2, 0.25) is 16.0 Å². The number of sulfonamides is 1. The zero-order valence-electron chi connectivity index (χ0n) is 17.8. The first-order valence-electron chi connectivity index (χ1n) is 9.74. The lowest BCUT2D eigenvalue weighted by Crippen LogP contribution is -2.51. The normalized spacial score (nSPS) is 20.9. The van der Waals surface area contributed by atoms with Crippen molar-refractivity contribution in [2.45, 2.75) is 24.6 Å². The van der Waals surface area contributed by atoms with Crippen LogP contribution in [0.25, 0.3) is 10.9 Å². The van der Waals surface area contributed by atoms with Crippen molar-refractivity contribution in [3.8, 4) is 0 Å². The van der Waals surface area contributed by atoms with E-state index in [0.29, 0.717) is 11.8 Å². The van der Waals surface area contributed by atoms with Gasteiger partial charge < -0.3 is 10.2 Å². The maximum Gasteiger partial charge on any atom is 0.225 e. The molecule has 0 saturated carbocycles. The third kappa shape index (κ3) is 3.91. The molecule has 0 amide bonds. The highest BCUT2D eigenvalue weighted by Crippen LogP contribution is 2.29. The lowest BCUT2D eigenvalue weighted by atomic mass is 9.93. The van der Waals surface area contributed by atoms with Crippen LogP contribution in [-0.4, -0.2) is 46.0 Å². The quantitative estimate of drug-likeness (QED) is 0.626. The van der Waals surface area contributed by atoms with E-state index in [4.69, 9.17) is 5.14 Å². The van der Waals surface area contributed by atoms with Gasteiger partial charge in [-0.05, 0) is 38.1 Å². The summed E-state index contributed by atoms with van der Waals surface area (Å²) in [6.45, 7) is 3.78. The number of aromatic nitrogens is 4. The van der Waals surface area contributed by atoms with Gasteiger partial charge in [0.05, 0.1) is 11.1 Å². The summed E-state index contributed by atoms with van der Waals surface area (Å²) >= 11 is 0. The Balaban J connectivity index is 1.64. The lowest BCUT2D eigenvalue weighted by molar-refractivity contribution is 0.556. The average molecular weight is 440 g/mol. The van der Waals surface area contributed by atoms with Crippen molar-refractivity contribution >= 4 is 38.4 Å². The van der Waals surface area contributed by atoms with Gasteiger partial charge in [-0.15, -0.1) is 0 Å². The SMILES string of the molecule is Cc1c2ccc(N(C)c3ccnc(NC4(C)C=CC=CC4S(N)(=O)=O)n3)cc2nn1C. The molecule has 0 saturated heterocycles. The number of nitrogens with one attached hydrogen (secondary N) is 1. The molecule has 2 heterocycles. The number of hydrogen-bond acceptors (Lipinski definition) is 7. The molecule has 3 aromatic rings.